The number of fused-ring (bicyclic) bond motifs is 8. The molecule has 0 fully saturated rings. The van der Waals surface area contributed by atoms with E-state index in [4.69, 9.17) is 9.97 Å². The van der Waals surface area contributed by atoms with Crippen molar-refractivity contribution in [2.24, 2.45) is 0 Å². The van der Waals surface area contributed by atoms with E-state index in [0.717, 1.165) is 44.3 Å². The lowest BCUT2D eigenvalue weighted by atomic mass is 10.0. The molecule has 0 atom stereocenters. The monoisotopic (exact) mass is 553 g/mol. The molecule has 0 N–H and O–H groups in total. The van der Waals surface area contributed by atoms with E-state index in [1.54, 1.807) is 0 Å². The normalized spacial score (nSPS) is 11.8. The second kappa shape index (κ2) is 9.10. The standard InChI is InChI=1S/C38H23N3S/c1-2-9-24(10-3-1)30-21-19-25-17-18-26-20-22-31(40-37(26)36(25)39-30)27-11-8-12-28(23-27)35-29-13-4-5-14-32(29)41-33-15-6-7-16-34(33)42-38(35)41/h1-23H. The van der Waals surface area contributed by atoms with Gasteiger partial charge in [0.1, 0.15) is 4.83 Å². The fourth-order valence-electron chi connectivity index (χ4n) is 6.20. The van der Waals surface area contributed by atoms with Crippen molar-refractivity contribution in [2.75, 3.05) is 0 Å². The van der Waals surface area contributed by atoms with E-state index in [9.17, 15) is 0 Å². The Balaban J connectivity index is 1.24. The van der Waals surface area contributed by atoms with E-state index in [1.807, 2.05) is 17.4 Å². The Kier molecular flexibility index (Phi) is 5.07. The van der Waals surface area contributed by atoms with Crippen LogP contribution in [-0.4, -0.2) is 14.4 Å². The molecule has 3 nitrogen and oxygen atoms in total. The zero-order chi connectivity index (χ0) is 27.6. The zero-order valence-electron chi connectivity index (χ0n) is 22.5. The van der Waals surface area contributed by atoms with Crippen LogP contribution in [0.1, 0.15) is 0 Å². The first-order valence-corrected chi connectivity index (χ1v) is 14.9. The molecule has 0 bridgehead atoms. The van der Waals surface area contributed by atoms with Crippen LogP contribution in [0.3, 0.4) is 0 Å². The summed E-state index contributed by atoms with van der Waals surface area (Å²) >= 11 is 1.85. The molecule has 0 spiro atoms. The number of para-hydroxylation sites is 2. The molecule has 0 saturated carbocycles. The summed E-state index contributed by atoms with van der Waals surface area (Å²) in [7, 11) is 0. The summed E-state index contributed by atoms with van der Waals surface area (Å²) in [4.78, 5) is 11.6. The predicted molar refractivity (Wildman–Crippen MR) is 177 cm³/mol. The summed E-state index contributed by atoms with van der Waals surface area (Å²) in [5, 5.41) is 3.44. The van der Waals surface area contributed by atoms with E-state index in [-0.39, 0.29) is 0 Å². The molecular formula is C38H23N3S. The lowest BCUT2D eigenvalue weighted by Crippen LogP contribution is -1.91. The van der Waals surface area contributed by atoms with Gasteiger partial charge in [-0.1, -0.05) is 103 Å². The molecule has 0 aliphatic heterocycles. The fourth-order valence-corrected chi connectivity index (χ4v) is 7.43. The van der Waals surface area contributed by atoms with Gasteiger partial charge in [0.25, 0.3) is 0 Å². The maximum atomic E-state index is 5.23. The van der Waals surface area contributed by atoms with Gasteiger partial charge in [0, 0.05) is 32.8 Å². The average molecular weight is 554 g/mol. The van der Waals surface area contributed by atoms with Gasteiger partial charge < -0.3 is 0 Å². The number of rotatable bonds is 3. The number of thiazole rings is 1. The van der Waals surface area contributed by atoms with Gasteiger partial charge >= 0.3 is 0 Å². The number of hydrogen-bond donors (Lipinski definition) is 0. The van der Waals surface area contributed by atoms with E-state index in [2.05, 4.69) is 138 Å². The Morgan fingerprint density at radius 3 is 1.86 bits per heavy atom. The third-order valence-electron chi connectivity index (χ3n) is 8.18. The first-order chi connectivity index (χ1) is 20.8. The Hall–Kier alpha value is -5.32. The fraction of sp³-hybridized carbons (Fsp3) is 0. The van der Waals surface area contributed by atoms with Crippen LogP contribution in [0.4, 0.5) is 0 Å². The minimum absolute atomic E-state index is 0.925. The minimum atomic E-state index is 0.925. The SMILES string of the molecule is c1ccc(-c2ccc3ccc4ccc(-c5cccc(-c6c7ccccc7n7c6sc6ccccc67)c5)nc4c3n2)cc1. The van der Waals surface area contributed by atoms with Gasteiger partial charge in [0.05, 0.1) is 38.2 Å². The van der Waals surface area contributed by atoms with Crippen LogP contribution in [0.2, 0.25) is 0 Å². The third kappa shape index (κ3) is 3.52. The molecule has 4 heterocycles. The van der Waals surface area contributed by atoms with Crippen molar-refractivity contribution in [3.05, 3.63) is 140 Å². The van der Waals surface area contributed by atoms with Crippen LogP contribution < -0.4 is 0 Å². The molecule has 0 radical (unpaired) electrons. The Bertz CT molecular complexity index is 2470. The first kappa shape index (κ1) is 23.4. The van der Waals surface area contributed by atoms with Gasteiger partial charge in [-0.25, -0.2) is 9.97 Å². The minimum Gasteiger partial charge on any atom is -0.299 e. The summed E-state index contributed by atoms with van der Waals surface area (Å²) in [6.07, 6.45) is 0. The van der Waals surface area contributed by atoms with E-state index in [1.165, 1.54) is 37.1 Å². The van der Waals surface area contributed by atoms with Crippen LogP contribution in [-0.2, 0) is 0 Å². The maximum absolute atomic E-state index is 5.23. The van der Waals surface area contributed by atoms with Gasteiger partial charge in [0.2, 0.25) is 0 Å². The first-order valence-electron chi connectivity index (χ1n) is 14.1. The molecule has 0 aliphatic carbocycles. The number of benzene rings is 5. The van der Waals surface area contributed by atoms with Crippen molar-refractivity contribution >= 4 is 59.1 Å². The molecule has 5 aromatic carbocycles. The molecule has 0 saturated heterocycles. The number of aromatic nitrogens is 3. The van der Waals surface area contributed by atoms with Gasteiger partial charge in [-0.15, -0.1) is 11.3 Å². The Labute approximate surface area is 246 Å². The lowest BCUT2D eigenvalue weighted by molar-refractivity contribution is 1.36. The van der Waals surface area contributed by atoms with Gasteiger partial charge in [0.15, 0.2) is 0 Å². The average Bonchev–Trinajstić information content (AvgIpc) is 3.59. The van der Waals surface area contributed by atoms with Crippen LogP contribution >= 0.6 is 11.3 Å². The highest BCUT2D eigenvalue weighted by Gasteiger charge is 2.18. The van der Waals surface area contributed by atoms with E-state index in [0.29, 0.717) is 0 Å². The predicted octanol–water partition coefficient (Wildman–Crippen LogP) is 10.4. The second-order valence-electron chi connectivity index (χ2n) is 10.7. The van der Waals surface area contributed by atoms with Gasteiger partial charge in [-0.3, -0.25) is 4.40 Å². The summed E-state index contributed by atoms with van der Waals surface area (Å²) in [6.45, 7) is 0. The van der Waals surface area contributed by atoms with Crippen molar-refractivity contribution in [3.63, 3.8) is 0 Å². The van der Waals surface area contributed by atoms with Crippen molar-refractivity contribution in [1.29, 1.82) is 0 Å². The summed E-state index contributed by atoms with van der Waals surface area (Å²) in [5.41, 5.74) is 10.9. The quantitative estimate of drug-likeness (QED) is 0.204. The number of nitrogens with zero attached hydrogens (tertiary/aromatic N) is 3. The van der Waals surface area contributed by atoms with Crippen LogP contribution in [0.5, 0.6) is 0 Å². The molecular weight excluding hydrogens is 531 g/mol. The van der Waals surface area contributed by atoms with Crippen LogP contribution in [0, 0.1) is 0 Å². The van der Waals surface area contributed by atoms with Gasteiger partial charge in [-0.05, 0) is 42.0 Å². The van der Waals surface area contributed by atoms with Crippen molar-refractivity contribution in [2.45, 2.75) is 0 Å². The highest BCUT2D eigenvalue weighted by molar-refractivity contribution is 7.24. The van der Waals surface area contributed by atoms with Crippen molar-refractivity contribution in [1.82, 2.24) is 14.4 Å². The van der Waals surface area contributed by atoms with E-state index < -0.39 is 0 Å². The molecule has 4 heteroatoms. The molecule has 9 rings (SSSR count). The third-order valence-corrected chi connectivity index (χ3v) is 9.33. The number of pyridine rings is 2. The maximum Gasteiger partial charge on any atom is 0.109 e. The smallest absolute Gasteiger partial charge is 0.109 e. The largest absolute Gasteiger partial charge is 0.299 e. The lowest BCUT2D eigenvalue weighted by Gasteiger charge is -2.09. The van der Waals surface area contributed by atoms with Crippen molar-refractivity contribution < 1.29 is 0 Å². The molecule has 196 valence electrons. The molecule has 0 aliphatic rings. The number of hydrogen-bond acceptors (Lipinski definition) is 3. The zero-order valence-corrected chi connectivity index (χ0v) is 23.3. The summed E-state index contributed by atoms with van der Waals surface area (Å²) < 4.78 is 3.70. The van der Waals surface area contributed by atoms with Crippen molar-refractivity contribution in [3.8, 4) is 33.6 Å². The van der Waals surface area contributed by atoms with Gasteiger partial charge in [-0.2, -0.15) is 0 Å². The van der Waals surface area contributed by atoms with E-state index >= 15 is 0 Å². The molecule has 42 heavy (non-hydrogen) atoms. The van der Waals surface area contributed by atoms with Crippen LogP contribution in [0.25, 0.3) is 81.4 Å². The topological polar surface area (TPSA) is 30.2 Å². The highest BCUT2D eigenvalue weighted by Crippen LogP contribution is 2.42. The molecule has 0 unspecified atom stereocenters. The molecule has 9 aromatic rings. The molecule has 0 amide bonds. The summed E-state index contributed by atoms with van der Waals surface area (Å²) in [5.74, 6) is 0. The second-order valence-corrected chi connectivity index (χ2v) is 11.7. The Morgan fingerprint density at radius 1 is 0.476 bits per heavy atom. The molecule has 4 aromatic heterocycles. The summed E-state index contributed by atoms with van der Waals surface area (Å²) in [6, 6.07) is 49.3. The Morgan fingerprint density at radius 2 is 1.07 bits per heavy atom. The highest BCUT2D eigenvalue weighted by atomic mass is 32.1. The van der Waals surface area contributed by atoms with Crippen LogP contribution in [0.15, 0.2) is 140 Å².